The number of amides is 1. The molecule has 4 rings (SSSR count). The van der Waals surface area contributed by atoms with E-state index < -0.39 is 0 Å². The minimum atomic E-state index is -0.0881. The van der Waals surface area contributed by atoms with Gasteiger partial charge in [0.1, 0.15) is 6.10 Å². The van der Waals surface area contributed by atoms with Crippen molar-refractivity contribution in [2.45, 2.75) is 12.6 Å². The van der Waals surface area contributed by atoms with Crippen LogP contribution in [0.5, 0.6) is 0 Å². The van der Waals surface area contributed by atoms with Gasteiger partial charge in [0.05, 0.1) is 19.7 Å². The van der Waals surface area contributed by atoms with Crippen LogP contribution in [-0.4, -0.2) is 40.3 Å². The van der Waals surface area contributed by atoms with Gasteiger partial charge in [-0.25, -0.2) is 0 Å². The highest BCUT2D eigenvalue weighted by atomic mass is 79.9. The van der Waals surface area contributed by atoms with Crippen LogP contribution in [-0.2, 0) is 11.3 Å². The summed E-state index contributed by atoms with van der Waals surface area (Å²) in [7, 11) is 0. The molecule has 138 valence electrons. The second-order valence-corrected chi connectivity index (χ2v) is 7.48. The van der Waals surface area contributed by atoms with E-state index in [0.29, 0.717) is 31.8 Å². The molecule has 3 aromatic rings. The molecule has 0 N–H and O–H groups in total. The summed E-state index contributed by atoms with van der Waals surface area (Å²) in [5, 5.41) is 4.21. The Kier molecular flexibility index (Phi) is 5.36. The summed E-state index contributed by atoms with van der Waals surface area (Å²) in [6, 6.07) is 17.7. The highest BCUT2D eigenvalue weighted by molar-refractivity contribution is 9.10. The predicted octanol–water partition coefficient (Wildman–Crippen LogP) is 3.91. The Hall–Kier alpha value is -2.44. The van der Waals surface area contributed by atoms with E-state index in [1.807, 2.05) is 70.4 Å². The lowest BCUT2D eigenvalue weighted by Gasteiger charge is -2.33. The highest BCUT2D eigenvalue weighted by Crippen LogP contribution is 2.25. The number of carbonyl (C=O) groups is 1. The normalized spacial score (nSPS) is 17.1. The van der Waals surface area contributed by atoms with E-state index in [1.165, 1.54) is 0 Å². The average Bonchev–Trinajstić information content (AvgIpc) is 3.22. The van der Waals surface area contributed by atoms with E-state index in [2.05, 4.69) is 21.0 Å². The molecule has 0 spiro atoms. The van der Waals surface area contributed by atoms with Gasteiger partial charge in [0.15, 0.2) is 0 Å². The quantitative estimate of drug-likeness (QED) is 0.636. The zero-order chi connectivity index (χ0) is 18.6. The summed E-state index contributed by atoms with van der Waals surface area (Å²) in [5.74, 6) is 0.0473. The van der Waals surface area contributed by atoms with Gasteiger partial charge in [0, 0.05) is 29.0 Å². The first-order chi connectivity index (χ1) is 13.2. The molecule has 1 saturated heterocycles. The Labute approximate surface area is 166 Å². The number of benzene rings is 2. The second-order valence-electron chi connectivity index (χ2n) is 6.56. The number of aromatic nitrogens is 2. The fourth-order valence-electron chi connectivity index (χ4n) is 3.23. The molecule has 0 aliphatic carbocycles. The largest absolute Gasteiger partial charge is 0.370 e. The van der Waals surface area contributed by atoms with Crippen molar-refractivity contribution < 1.29 is 9.53 Å². The van der Waals surface area contributed by atoms with Crippen LogP contribution < -0.4 is 0 Å². The van der Waals surface area contributed by atoms with Crippen molar-refractivity contribution in [3.05, 3.63) is 88.2 Å². The number of halogens is 1. The molecule has 1 fully saturated rings. The molecule has 1 amide bonds. The van der Waals surface area contributed by atoms with E-state index in [4.69, 9.17) is 4.74 Å². The lowest BCUT2D eigenvalue weighted by Crippen LogP contribution is -2.42. The van der Waals surface area contributed by atoms with E-state index in [0.717, 1.165) is 15.6 Å². The SMILES string of the molecule is O=C(c1ccc(Cn2cccn2)cc1)N1CCOC(c2ccc(Br)cc2)C1. The summed E-state index contributed by atoms with van der Waals surface area (Å²) in [5.41, 5.74) is 2.91. The first kappa shape index (κ1) is 17.9. The molecule has 1 aliphatic rings. The molecule has 1 atom stereocenters. The zero-order valence-corrected chi connectivity index (χ0v) is 16.4. The molecule has 1 unspecified atom stereocenters. The van der Waals surface area contributed by atoms with Crippen LogP contribution in [0.4, 0.5) is 0 Å². The fraction of sp³-hybridized carbons (Fsp3) is 0.238. The molecule has 1 aliphatic heterocycles. The third-order valence-electron chi connectivity index (χ3n) is 4.70. The van der Waals surface area contributed by atoms with Crippen LogP contribution in [0.25, 0.3) is 0 Å². The smallest absolute Gasteiger partial charge is 0.254 e. The Morgan fingerprint density at radius 2 is 1.93 bits per heavy atom. The Balaban J connectivity index is 1.43. The predicted molar refractivity (Wildman–Crippen MR) is 107 cm³/mol. The van der Waals surface area contributed by atoms with Crippen LogP contribution in [0, 0.1) is 0 Å². The molecule has 6 heteroatoms. The van der Waals surface area contributed by atoms with Crippen molar-refractivity contribution in [1.82, 2.24) is 14.7 Å². The number of nitrogens with zero attached hydrogens (tertiary/aromatic N) is 3. The molecular weight excluding hydrogens is 406 g/mol. The first-order valence-electron chi connectivity index (χ1n) is 8.92. The summed E-state index contributed by atoms with van der Waals surface area (Å²) >= 11 is 3.45. The first-order valence-corrected chi connectivity index (χ1v) is 9.71. The topological polar surface area (TPSA) is 47.4 Å². The van der Waals surface area contributed by atoms with E-state index in [-0.39, 0.29) is 12.0 Å². The number of hydrogen-bond acceptors (Lipinski definition) is 3. The Morgan fingerprint density at radius 1 is 1.15 bits per heavy atom. The molecular formula is C21H20BrN3O2. The summed E-state index contributed by atoms with van der Waals surface area (Å²) in [4.78, 5) is 14.8. The average molecular weight is 426 g/mol. The van der Waals surface area contributed by atoms with Crippen LogP contribution >= 0.6 is 15.9 Å². The van der Waals surface area contributed by atoms with Gasteiger partial charge in [-0.3, -0.25) is 9.48 Å². The molecule has 0 bridgehead atoms. The standard InChI is InChI=1S/C21H20BrN3O2/c22-19-8-6-17(7-9-19)20-15-24(12-13-27-20)21(26)18-4-2-16(3-5-18)14-25-11-1-10-23-25/h1-11,20H,12-15H2. The van der Waals surface area contributed by atoms with E-state index in [9.17, 15) is 4.79 Å². The minimum absolute atomic E-state index is 0.0473. The maximum Gasteiger partial charge on any atom is 0.254 e. The molecule has 1 aromatic heterocycles. The minimum Gasteiger partial charge on any atom is -0.370 e. The van der Waals surface area contributed by atoms with Gasteiger partial charge in [-0.1, -0.05) is 40.2 Å². The lowest BCUT2D eigenvalue weighted by atomic mass is 10.1. The fourth-order valence-corrected chi connectivity index (χ4v) is 3.49. The lowest BCUT2D eigenvalue weighted by molar-refractivity contribution is -0.0228. The van der Waals surface area contributed by atoms with Gasteiger partial charge >= 0.3 is 0 Å². The van der Waals surface area contributed by atoms with Crippen molar-refractivity contribution >= 4 is 21.8 Å². The number of carbonyl (C=O) groups excluding carboxylic acids is 1. The third kappa shape index (κ3) is 4.28. The zero-order valence-electron chi connectivity index (χ0n) is 14.8. The summed E-state index contributed by atoms with van der Waals surface area (Å²) in [6.45, 7) is 2.42. The summed E-state index contributed by atoms with van der Waals surface area (Å²) in [6.07, 6.45) is 3.60. The van der Waals surface area contributed by atoms with Crippen LogP contribution in [0.1, 0.15) is 27.6 Å². The molecule has 27 heavy (non-hydrogen) atoms. The van der Waals surface area contributed by atoms with Crippen molar-refractivity contribution in [2.24, 2.45) is 0 Å². The Morgan fingerprint density at radius 3 is 2.63 bits per heavy atom. The maximum absolute atomic E-state index is 12.9. The van der Waals surface area contributed by atoms with Crippen molar-refractivity contribution in [2.75, 3.05) is 19.7 Å². The number of rotatable bonds is 4. The third-order valence-corrected chi connectivity index (χ3v) is 5.23. The van der Waals surface area contributed by atoms with Gasteiger partial charge in [-0.2, -0.15) is 5.10 Å². The van der Waals surface area contributed by atoms with Crippen LogP contribution in [0.15, 0.2) is 71.5 Å². The van der Waals surface area contributed by atoms with Gasteiger partial charge in [-0.05, 0) is 41.5 Å². The molecule has 2 heterocycles. The second kappa shape index (κ2) is 8.06. The highest BCUT2D eigenvalue weighted by Gasteiger charge is 2.26. The molecule has 2 aromatic carbocycles. The Bertz CT molecular complexity index is 892. The van der Waals surface area contributed by atoms with E-state index in [1.54, 1.807) is 6.20 Å². The number of hydrogen-bond donors (Lipinski definition) is 0. The van der Waals surface area contributed by atoms with Crippen molar-refractivity contribution in [3.63, 3.8) is 0 Å². The van der Waals surface area contributed by atoms with Gasteiger partial charge < -0.3 is 9.64 Å². The van der Waals surface area contributed by atoms with Gasteiger partial charge in [0.25, 0.3) is 5.91 Å². The van der Waals surface area contributed by atoms with Crippen LogP contribution in [0.3, 0.4) is 0 Å². The van der Waals surface area contributed by atoms with Gasteiger partial charge in [0.2, 0.25) is 0 Å². The van der Waals surface area contributed by atoms with Crippen molar-refractivity contribution in [1.29, 1.82) is 0 Å². The monoisotopic (exact) mass is 425 g/mol. The molecule has 5 nitrogen and oxygen atoms in total. The maximum atomic E-state index is 12.9. The number of ether oxygens (including phenoxy) is 1. The molecule has 0 saturated carbocycles. The molecule has 0 radical (unpaired) electrons. The van der Waals surface area contributed by atoms with Crippen LogP contribution in [0.2, 0.25) is 0 Å². The summed E-state index contributed by atoms with van der Waals surface area (Å²) < 4.78 is 8.77. The van der Waals surface area contributed by atoms with Crippen molar-refractivity contribution in [3.8, 4) is 0 Å². The number of morpholine rings is 1. The van der Waals surface area contributed by atoms with Gasteiger partial charge in [-0.15, -0.1) is 0 Å². The van der Waals surface area contributed by atoms with E-state index >= 15 is 0 Å².